The first-order valence-corrected chi connectivity index (χ1v) is 9.79. The highest BCUT2D eigenvalue weighted by atomic mass is 32.2. The molecule has 2 saturated heterocycles. The molecule has 1 amide bonds. The third kappa shape index (κ3) is 2.98. The average Bonchev–Trinajstić information content (AvgIpc) is 2.91. The second-order valence-electron chi connectivity index (χ2n) is 7.11. The number of rotatable bonds is 1. The van der Waals surface area contributed by atoms with Crippen LogP contribution in [0.2, 0.25) is 0 Å². The highest BCUT2D eigenvalue weighted by molar-refractivity contribution is 8.01. The lowest BCUT2D eigenvalue weighted by atomic mass is 9.84. The van der Waals surface area contributed by atoms with Gasteiger partial charge in [0.1, 0.15) is 0 Å². The van der Waals surface area contributed by atoms with Gasteiger partial charge in [0.15, 0.2) is 0 Å². The number of aryl methyl sites for hydroxylation is 1. The predicted octanol–water partition coefficient (Wildman–Crippen LogP) is 2.81. The minimum absolute atomic E-state index is 0.0135. The number of hydrogen-bond donors (Lipinski definition) is 0. The summed E-state index contributed by atoms with van der Waals surface area (Å²) >= 11 is 1.74. The number of carbonyl (C=O) groups excluding carboxylic acids is 1. The van der Waals surface area contributed by atoms with E-state index in [1.54, 1.807) is 11.8 Å². The minimum atomic E-state index is -0.0584. The molecule has 130 valence electrons. The molecule has 0 aliphatic carbocycles. The lowest BCUT2D eigenvalue weighted by molar-refractivity contribution is -0.141. The van der Waals surface area contributed by atoms with Crippen LogP contribution in [0.15, 0.2) is 23.1 Å². The molecule has 0 radical (unpaired) electrons. The third-order valence-corrected chi connectivity index (χ3v) is 6.89. The van der Waals surface area contributed by atoms with Crippen molar-refractivity contribution in [3.8, 4) is 0 Å². The molecule has 4 nitrogen and oxygen atoms in total. The van der Waals surface area contributed by atoms with Crippen molar-refractivity contribution in [2.24, 2.45) is 0 Å². The van der Waals surface area contributed by atoms with Crippen molar-refractivity contribution in [1.29, 1.82) is 0 Å². The average molecular weight is 347 g/mol. The smallest absolute Gasteiger partial charge is 0.236 e. The van der Waals surface area contributed by atoms with E-state index in [9.17, 15) is 4.79 Å². The van der Waals surface area contributed by atoms with Crippen molar-refractivity contribution in [2.75, 3.05) is 33.0 Å². The van der Waals surface area contributed by atoms with Gasteiger partial charge < -0.3 is 14.4 Å². The highest BCUT2D eigenvalue weighted by Crippen LogP contribution is 2.41. The molecule has 4 rings (SSSR count). The lowest BCUT2D eigenvalue weighted by Gasteiger charge is -2.45. The minimum Gasteiger partial charge on any atom is -0.381 e. The molecule has 1 atom stereocenters. The van der Waals surface area contributed by atoms with Gasteiger partial charge in [-0.2, -0.15) is 0 Å². The van der Waals surface area contributed by atoms with Crippen LogP contribution in [0.1, 0.15) is 30.4 Å². The van der Waals surface area contributed by atoms with Crippen LogP contribution in [0.25, 0.3) is 0 Å². The molecule has 5 heteroatoms. The summed E-state index contributed by atoms with van der Waals surface area (Å²) in [5, 5.41) is 0.0135. The van der Waals surface area contributed by atoms with Crippen LogP contribution >= 0.6 is 11.8 Å². The Morgan fingerprint density at radius 1 is 1.17 bits per heavy atom. The quantitative estimate of drug-likeness (QED) is 0.783. The fourth-order valence-electron chi connectivity index (χ4n) is 4.15. The van der Waals surface area contributed by atoms with Crippen molar-refractivity contribution in [3.63, 3.8) is 0 Å². The van der Waals surface area contributed by atoms with E-state index < -0.39 is 0 Å². The Bertz CT molecular complexity index is 627. The fraction of sp³-hybridized carbons (Fsp3) is 0.632. The van der Waals surface area contributed by atoms with Gasteiger partial charge in [-0.15, -0.1) is 11.8 Å². The molecule has 24 heavy (non-hydrogen) atoms. The highest BCUT2D eigenvalue weighted by Gasteiger charge is 2.44. The molecule has 1 spiro atoms. The molecule has 3 aliphatic heterocycles. The van der Waals surface area contributed by atoms with Crippen LogP contribution in [0.5, 0.6) is 0 Å². The molecule has 0 aromatic heterocycles. The number of nitrogens with zero attached hydrogens (tertiary/aromatic N) is 1. The molecule has 1 unspecified atom stereocenters. The Labute approximate surface area is 147 Å². The topological polar surface area (TPSA) is 38.8 Å². The van der Waals surface area contributed by atoms with Crippen LogP contribution < -0.4 is 0 Å². The summed E-state index contributed by atoms with van der Waals surface area (Å²) in [6, 6.07) is 6.54. The zero-order valence-corrected chi connectivity index (χ0v) is 15.1. The summed E-state index contributed by atoms with van der Waals surface area (Å²) in [5.74, 6) is 0.293. The molecular formula is C19H25NO3S. The van der Waals surface area contributed by atoms with Gasteiger partial charge in [0.25, 0.3) is 0 Å². The zero-order chi connectivity index (χ0) is 16.6. The monoisotopic (exact) mass is 347 g/mol. The molecule has 0 saturated carbocycles. The Morgan fingerprint density at radius 3 is 2.62 bits per heavy atom. The van der Waals surface area contributed by atoms with E-state index >= 15 is 0 Å². The number of ether oxygens (including phenoxy) is 2. The maximum absolute atomic E-state index is 13.4. The van der Waals surface area contributed by atoms with Crippen LogP contribution in [-0.2, 0) is 20.7 Å². The molecule has 2 fully saturated rings. The summed E-state index contributed by atoms with van der Waals surface area (Å²) < 4.78 is 11.3. The van der Waals surface area contributed by atoms with Gasteiger partial charge in [-0.1, -0.05) is 17.7 Å². The standard InChI is InChI=1S/C19H25NO3S/c1-14-2-3-15-13-17(24-16(15)12-14)18(21)20-7-11-23-10-6-19(20)4-8-22-9-5-19/h2-3,12,17H,4-11,13H2,1H3. The summed E-state index contributed by atoms with van der Waals surface area (Å²) in [7, 11) is 0. The Balaban J connectivity index is 1.56. The van der Waals surface area contributed by atoms with Gasteiger partial charge >= 0.3 is 0 Å². The van der Waals surface area contributed by atoms with Gasteiger partial charge in [0, 0.05) is 36.8 Å². The normalized spacial score (nSPS) is 26.2. The van der Waals surface area contributed by atoms with Crippen LogP contribution in [0.4, 0.5) is 0 Å². The van der Waals surface area contributed by atoms with Crippen molar-refractivity contribution in [3.05, 3.63) is 29.3 Å². The van der Waals surface area contributed by atoms with Crippen molar-refractivity contribution >= 4 is 17.7 Å². The van der Waals surface area contributed by atoms with Gasteiger partial charge in [-0.05, 0) is 44.2 Å². The largest absolute Gasteiger partial charge is 0.381 e. The van der Waals surface area contributed by atoms with Crippen molar-refractivity contribution in [2.45, 2.75) is 48.3 Å². The van der Waals surface area contributed by atoms with Gasteiger partial charge in [-0.3, -0.25) is 4.79 Å². The number of carbonyl (C=O) groups is 1. The number of amides is 1. The first-order chi connectivity index (χ1) is 11.7. The van der Waals surface area contributed by atoms with E-state index in [2.05, 4.69) is 30.0 Å². The van der Waals surface area contributed by atoms with E-state index in [1.807, 2.05) is 0 Å². The first kappa shape index (κ1) is 16.4. The maximum Gasteiger partial charge on any atom is 0.236 e. The summed E-state index contributed by atoms with van der Waals surface area (Å²) in [4.78, 5) is 16.8. The molecule has 0 N–H and O–H groups in total. The van der Waals surface area contributed by atoms with Crippen LogP contribution in [0.3, 0.4) is 0 Å². The lowest BCUT2D eigenvalue weighted by Crippen LogP contribution is -2.57. The maximum atomic E-state index is 13.4. The van der Waals surface area contributed by atoms with E-state index in [0.717, 1.165) is 45.5 Å². The summed E-state index contributed by atoms with van der Waals surface area (Å²) in [6.45, 7) is 5.73. The van der Waals surface area contributed by atoms with E-state index in [4.69, 9.17) is 9.47 Å². The fourth-order valence-corrected chi connectivity index (χ4v) is 5.51. The molecule has 0 bridgehead atoms. The number of thioether (sulfide) groups is 1. The summed E-state index contributed by atoms with van der Waals surface area (Å²) in [6.07, 6.45) is 3.66. The Morgan fingerprint density at radius 2 is 1.88 bits per heavy atom. The van der Waals surface area contributed by atoms with E-state index in [1.165, 1.54) is 16.0 Å². The van der Waals surface area contributed by atoms with Gasteiger partial charge in [0.2, 0.25) is 5.91 Å². The molecule has 3 heterocycles. The van der Waals surface area contributed by atoms with Crippen molar-refractivity contribution < 1.29 is 14.3 Å². The molecular weight excluding hydrogens is 322 g/mol. The molecule has 1 aromatic carbocycles. The Kier molecular flexibility index (Phi) is 4.58. The van der Waals surface area contributed by atoms with Gasteiger partial charge in [0.05, 0.1) is 11.9 Å². The van der Waals surface area contributed by atoms with E-state index in [-0.39, 0.29) is 10.8 Å². The summed E-state index contributed by atoms with van der Waals surface area (Å²) in [5.41, 5.74) is 2.52. The first-order valence-electron chi connectivity index (χ1n) is 8.91. The molecule has 3 aliphatic rings. The van der Waals surface area contributed by atoms with Crippen LogP contribution in [-0.4, -0.2) is 54.6 Å². The second kappa shape index (κ2) is 6.70. The Hall–Kier alpha value is -1.04. The van der Waals surface area contributed by atoms with Gasteiger partial charge in [-0.25, -0.2) is 0 Å². The predicted molar refractivity (Wildman–Crippen MR) is 94.5 cm³/mol. The van der Waals surface area contributed by atoms with Crippen molar-refractivity contribution in [1.82, 2.24) is 4.90 Å². The second-order valence-corrected chi connectivity index (χ2v) is 8.36. The number of benzene rings is 1. The molecule has 1 aromatic rings. The van der Waals surface area contributed by atoms with E-state index in [0.29, 0.717) is 19.1 Å². The SMILES string of the molecule is Cc1ccc2c(c1)SC(C(=O)N1CCOCCC13CCOCC3)C2. The number of fused-ring (bicyclic) bond motifs is 1. The third-order valence-electron chi connectivity index (χ3n) is 5.61. The van der Waals surface area contributed by atoms with Crippen LogP contribution in [0, 0.1) is 6.92 Å². The zero-order valence-electron chi connectivity index (χ0n) is 14.3. The number of hydrogen-bond acceptors (Lipinski definition) is 4.